The van der Waals surface area contributed by atoms with Gasteiger partial charge >= 0.3 is 8.56 Å². The zero-order valence-electron chi connectivity index (χ0n) is 15.0. The van der Waals surface area contributed by atoms with Gasteiger partial charge in [0.2, 0.25) is 0 Å². The van der Waals surface area contributed by atoms with Gasteiger partial charge in [-0.1, -0.05) is 91.0 Å². The van der Waals surface area contributed by atoms with Crippen LogP contribution in [0.3, 0.4) is 0 Å². The lowest BCUT2D eigenvalue weighted by atomic mass is 10.3. The van der Waals surface area contributed by atoms with Gasteiger partial charge in [-0.15, -0.1) is 0 Å². The summed E-state index contributed by atoms with van der Waals surface area (Å²) in [6, 6.07) is 32.0. The molecule has 3 aromatic rings. The SMILES string of the molecule is C[Si](C)(O[SiH3])O[Si](c1ccccc1)(c1ccccc1)c1ccccc1. The highest BCUT2D eigenvalue weighted by molar-refractivity contribution is 7.10. The lowest BCUT2D eigenvalue weighted by Gasteiger charge is -2.39. The van der Waals surface area contributed by atoms with E-state index in [0.29, 0.717) is 10.5 Å². The van der Waals surface area contributed by atoms with Crippen LogP contribution in [0.5, 0.6) is 0 Å². The molecule has 5 heteroatoms. The quantitative estimate of drug-likeness (QED) is 0.478. The van der Waals surface area contributed by atoms with Gasteiger partial charge in [-0.2, -0.15) is 0 Å². The molecule has 0 saturated heterocycles. The Morgan fingerprint density at radius 1 is 0.600 bits per heavy atom. The van der Waals surface area contributed by atoms with Crippen molar-refractivity contribution in [2.24, 2.45) is 0 Å². The van der Waals surface area contributed by atoms with Crippen LogP contribution in [0.2, 0.25) is 13.1 Å². The summed E-state index contributed by atoms with van der Waals surface area (Å²) in [4.78, 5) is 0. The summed E-state index contributed by atoms with van der Waals surface area (Å²) in [7, 11) is -4.17. The summed E-state index contributed by atoms with van der Waals surface area (Å²) in [5.74, 6) is 0. The van der Waals surface area contributed by atoms with E-state index >= 15 is 0 Å². The minimum Gasteiger partial charge on any atom is -0.445 e. The fourth-order valence-corrected chi connectivity index (χ4v) is 11.5. The maximum atomic E-state index is 7.02. The fraction of sp³-hybridized carbons (Fsp3) is 0.100. The minimum atomic E-state index is -2.62. The normalized spacial score (nSPS) is 12.2. The zero-order valence-corrected chi connectivity index (χ0v) is 19.0. The molecule has 0 atom stereocenters. The Labute approximate surface area is 155 Å². The van der Waals surface area contributed by atoms with Crippen LogP contribution in [0.1, 0.15) is 0 Å². The third-order valence-electron chi connectivity index (χ3n) is 4.43. The van der Waals surface area contributed by atoms with Crippen molar-refractivity contribution in [2.75, 3.05) is 0 Å². The molecule has 0 aliphatic rings. The van der Waals surface area contributed by atoms with E-state index < -0.39 is 16.9 Å². The van der Waals surface area contributed by atoms with Gasteiger partial charge < -0.3 is 8.23 Å². The molecular formula is C20H24O2Si3. The molecule has 2 nitrogen and oxygen atoms in total. The third kappa shape index (κ3) is 3.75. The second-order valence-electron chi connectivity index (χ2n) is 6.49. The Morgan fingerprint density at radius 2 is 0.920 bits per heavy atom. The molecule has 25 heavy (non-hydrogen) atoms. The maximum absolute atomic E-state index is 7.02. The average Bonchev–Trinajstić information content (AvgIpc) is 2.68. The molecule has 0 bridgehead atoms. The first-order chi connectivity index (χ1) is 12.1. The third-order valence-corrected chi connectivity index (χ3v) is 15.0. The molecule has 3 aromatic carbocycles. The zero-order chi connectivity index (χ0) is 17.8. The van der Waals surface area contributed by atoms with Gasteiger partial charge in [-0.25, -0.2) is 0 Å². The van der Waals surface area contributed by atoms with Gasteiger partial charge in [0, 0.05) is 0 Å². The van der Waals surface area contributed by atoms with Crippen LogP contribution < -0.4 is 15.6 Å². The highest BCUT2D eigenvalue weighted by Gasteiger charge is 2.46. The van der Waals surface area contributed by atoms with Crippen LogP contribution in [0, 0.1) is 0 Å². The van der Waals surface area contributed by atoms with Crippen molar-refractivity contribution in [1.29, 1.82) is 0 Å². The topological polar surface area (TPSA) is 18.5 Å². The first-order valence-electron chi connectivity index (χ1n) is 8.50. The van der Waals surface area contributed by atoms with Gasteiger partial charge in [-0.05, 0) is 28.7 Å². The lowest BCUT2D eigenvalue weighted by Crippen LogP contribution is -2.72. The first kappa shape index (κ1) is 18.0. The standard InChI is InChI=1S/C20H24O2Si3/c1-24(2,21-23)22-25(18-12-6-3-7-13-18,19-14-8-4-9-15-19)20-16-10-5-11-17-20/h3-17H,1-2,23H3. The predicted octanol–water partition coefficient (Wildman–Crippen LogP) is 1.67. The van der Waals surface area contributed by atoms with E-state index in [1.807, 2.05) is 0 Å². The minimum absolute atomic E-state index is 0.687. The van der Waals surface area contributed by atoms with E-state index in [4.69, 9.17) is 8.23 Å². The molecule has 0 saturated carbocycles. The molecular weight excluding hydrogens is 356 g/mol. The Balaban J connectivity index is 2.32. The molecule has 0 aliphatic heterocycles. The maximum Gasteiger partial charge on any atom is 0.311 e. The highest BCUT2D eigenvalue weighted by Crippen LogP contribution is 2.16. The van der Waals surface area contributed by atoms with Crippen molar-refractivity contribution in [3.05, 3.63) is 91.0 Å². The van der Waals surface area contributed by atoms with E-state index in [1.165, 1.54) is 15.6 Å². The van der Waals surface area contributed by atoms with Crippen LogP contribution in [0.4, 0.5) is 0 Å². The summed E-state index contributed by atoms with van der Waals surface area (Å²) in [6.45, 7) is 4.30. The number of benzene rings is 3. The molecule has 0 spiro atoms. The summed E-state index contributed by atoms with van der Waals surface area (Å²) >= 11 is 0. The molecule has 0 amide bonds. The first-order valence-corrected chi connectivity index (χ1v) is 14.0. The predicted molar refractivity (Wildman–Crippen MR) is 114 cm³/mol. The largest absolute Gasteiger partial charge is 0.445 e. The number of hydrogen-bond donors (Lipinski definition) is 0. The van der Waals surface area contributed by atoms with Crippen molar-refractivity contribution >= 4 is 42.9 Å². The van der Waals surface area contributed by atoms with Gasteiger partial charge in [0.25, 0.3) is 8.32 Å². The Morgan fingerprint density at radius 3 is 1.20 bits per heavy atom. The van der Waals surface area contributed by atoms with Crippen LogP contribution in [0.25, 0.3) is 0 Å². The Kier molecular flexibility index (Phi) is 5.51. The molecule has 3 rings (SSSR count). The number of rotatable bonds is 6. The lowest BCUT2D eigenvalue weighted by molar-refractivity contribution is 0.427. The molecule has 0 aromatic heterocycles. The molecule has 0 N–H and O–H groups in total. The second-order valence-corrected chi connectivity index (χ2v) is 14.8. The van der Waals surface area contributed by atoms with Gasteiger partial charge in [0.1, 0.15) is 10.5 Å². The Bertz CT molecular complexity index is 696. The smallest absolute Gasteiger partial charge is 0.311 e. The van der Waals surface area contributed by atoms with E-state index in [0.717, 1.165) is 0 Å². The van der Waals surface area contributed by atoms with E-state index in [-0.39, 0.29) is 0 Å². The van der Waals surface area contributed by atoms with Crippen molar-refractivity contribution in [3.8, 4) is 0 Å². The van der Waals surface area contributed by atoms with E-state index in [1.54, 1.807) is 0 Å². The van der Waals surface area contributed by atoms with Crippen LogP contribution in [-0.4, -0.2) is 27.4 Å². The van der Waals surface area contributed by atoms with Gasteiger partial charge in [0.15, 0.2) is 0 Å². The van der Waals surface area contributed by atoms with Crippen LogP contribution in [-0.2, 0) is 8.23 Å². The van der Waals surface area contributed by atoms with Crippen LogP contribution in [0.15, 0.2) is 91.0 Å². The van der Waals surface area contributed by atoms with Crippen molar-refractivity contribution in [2.45, 2.75) is 13.1 Å². The molecule has 0 aliphatic carbocycles. The van der Waals surface area contributed by atoms with Crippen molar-refractivity contribution < 1.29 is 8.23 Å². The molecule has 0 unspecified atom stereocenters. The van der Waals surface area contributed by atoms with E-state index in [2.05, 4.69) is 104 Å². The monoisotopic (exact) mass is 380 g/mol. The average molecular weight is 381 g/mol. The summed E-state index contributed by atoms with van der Waals surface area (Å²) in [5.41, 5.74) is 0. The summed E-state index contributed by atoms with van der Waals surface area (Å²) in [6.07, 6.45) is 0. The van der Waals surface area contributed by atoms with Crippen LogP contribution >= 0.6 is 0 Å². The molecule has 128 valence electrons. The Hall–Kier alpha value is -1.77. The highest BCUT2D eigenvalue weighted by atomic mass is 28.5. The summed E-state index contributed by atoms with van der Waals surface area (Å²) < 4.78 is 13.0. The number of hydrogen-bond acceptors (Lipinski definition) is 2. The van der Waals surface area contributed by atoms with E-state index in [9.17, 15) is 0 Å². The van der Waals surface area contributed by atoms with Crippen molar-refractivity contribution in [1.82, 2.24) is 0 Å². The molecule has 0 heterocycles. The summed E-state index contributed by atoms with van der Waals surface area (Å²) in [5, 5.41) is 3.77. The van der Waals surface area contributed by atoms with Gasteiger partial charge in [0.05, 0.1) is 0 Å². The van der Waals surface area contributed by atoms with Crippen molar-refractivity contribution in [3.63, 3.8) is 0 Å². The second kappa shape index (κ2) is 7.63. The fourth-order valence-electron chi connectivity index (χ4n) is 3.11. The molecule has 0 radical (unpaired) electrons. The van der Waals surface area contributed by atoms with Gasteiger partial charge in [-0.3, -0.25) is 0 Å². The molecule has 0 fully saturated rings.